The van der Waals surface area contributed by atoms with Gasteiger partial charge in [0.05, 0.1) is 16.6 Å². The molecule has 0 bridgehead atoms. The van der Waals surface area contributed by atoms with Gasteiger partial charge in [-0.3, -0.25) is 4.79 Å². The molecule has 5 aromatic carbocycles. The number of aromatic nitrogens is 2. The molecule has 0 spiro atoms. The van der Waals surface area contributed by atoms with Crippen molar-refractivity contribution in [1.29, 1.82) is 0 Å². The topological polar surface area (TPSA) is 26.9 Å². The molecule has 3 aromatic heterocycles. The minimum absolute atomic E-state index is 0.0902. The van der Waals surface area contributed by atoms with E-state index in [2.05, 4.69) is 179 Å². The molecule has 57 heavy (non-hydrogen) atoms. The Morgan fingerprint density at radius 3 is 2.05 bits per heavy atom. The molecule has 272 valence electrons. The zero-order chi connectivity index (χ0) is 37.9. The van der Waals surface area contributed by atoms with Gasteiger partial charge in [0.25, 0.3) is 0 Å². The molecule has 0 N–H and O–H groups in total. The van der Waals surface area contributed by atoms with Crippen LogP contribution in [0.5, 0.6) is 0 Å². The van der Waals surface area contributed by atoms with E-state index in [9.17, 15) is 4.79 Å². The summed E-state index contributed by atoms with van der Waals surface area (Å²) in [4.78, 5) is 14.0. The fraction of sp³-hybridized carbons (Fsp3) is 0.0755. The summed E-state index contributed by atoms with van der Waals surface area (Å²) in [6, 6.07) is 41.0. The summed E-state index contributed by atoms with van der Waals surface area (Å²) in [5.41, 5.74) is 13.4. The number of para-hydroxylation sites is 3. The van der Waals surface area contributed by atoms with Crippen molar-refractivity contribution < 1.29 is 0 Å². The molecule has 8 aromatic rings. The van der Waals surface area contributed by atoms with Crippen LogP contribution in [0.2, 0.25) is 0 Å². The van der Waals surface area contributed by atoms with Crippen LogP contribution in [0.25, 0.3) is 83.5 Å². The molecule has 3 aliphatic rings. The van der Waals surface area contributed by atoms with Gasteiger partial charge < -0.3 is 9.13 Å². The molecular formula is C53H38N2OS. The number of rotatable bonds is 4. The lowest BCUT2D eigenvalue weighted by Gasteiger charge is -2.13. The normalized spacial score (nSPS) is 16.3. The molecule has 0 amide bonds. The van der Waals surface area contributed by atoms with Gasteiger partial charge in [0, 0.05) is 71.5 Å². The van der Waals surface area contributed by atoms with Crippen molar-refractivity contribution in [2.24, 2.45) is 0 Å². The van der Waals surface area contributed by atoms with Crippen molar-refractivity contribution in [2.75, 3.05) is 0 Å². The molecule has 11 rings (SSSR count). The van der Waals surface area contributed by atoms with Crippen LogP contribution < -0.4 is 15.2 Å². The lowest BCUT2D eigenvalue weighted by molar-refractivity contribution is 0.988. The highest BCUT2D eigenvalue weighted by molar-refractivity contribution is 7.16. The first kappa shape index (κ1) is 33.6. The average Bonchev–Trinajstić information content (AvgIpc) is 3.46. The summed E-state index contributed by atoms with van der Waals surface area (Å²) in [5, 5.41) is 5.36. The zero-order valence-electron chi connectivity index (χ0n) is 31.4. The Hall–Kier alpha value is -6.75. The standard InChI is InChI=1S/C53H38N2OS/c56-53-45-31-25-36(35-12-11-13-39(28-22-35)54-47-18-4-2-1-3-14-41(47)42-15-5-8-19-48(42)54)27-33-51(45)57-52-34-38(26-32-46(52)53)37-23-29-40(30-24-37)55-49-20-9-6-16-43(49)44-17-7-10-21-50(44)55/h2-12,14-17,19-26,28-34H,1,13,18,27H2/b4-2-,14-3-. The first-order valence-corrected chi connectivity index (χ1v) is 20.6. The third kappa shape index (κ3) is 5.67. The van der Waals surface area contributed by atoms with Gasteiger partial charge in [0.15, 0.2) is 5.43 Å². The van der Waals surface area contributed by atoms with Crippen LogP contribution >= 0.6 is 11.3 Å². The summed E-state index contributed by atoms with van der Waals surface area (Å²) in [6.45, 7) is 0. The highest BCUT2D eigenvalue weighted by Gasteiger charge is 2.18. The van der Waals surface area contributed by atoms with Crippen LogP contribution in [-0.2, 0) is 6.42 Å². The predicted octanol–water partition coefficient (Wildman–Crippen LogP) is 11.8. The van der Waals surface area contributed by atoms with E-state index in [4.69, 9.17) is 0 Å². The Balaban J connectivity index is 0.915. The number of fused-ring (bicyclic) bond motifs is 8. The quantitative estimate of drug-likeness (QED) is 0.165. The minimum atomic E-state index is 0.0902. The number of benzene rings is 5. The Morgan fingerprint density at radius 2 is 1.26 bits per heavy atom. The Morgan fingerprint density at radius 1 is 0.544 bits per heavy atom. The van der Waals surface area contributed by atoms with Gasteiger partial charge in [-0.15, -0.1) is 11.3 Å². The third-order valence-electron chi connectivity index (χ3n) is 11.7. The lowest BCUT2D eigenvalue weighted by atomic mass is 10.0. The van der Waals surface area contributed by atoms with Crippen LogP contribution in [0, 0.1) is 0 Å². The van der Waals surface area contributed by atoms with E-state index in [0.717, 1.165) is 62.3 Å². The second-order valence-corrected chi connectivity index (χ2v) is 16.1. The van der Waals surface area contributed by atoms with E-state index < -0.39 is 0 Å². The van der Waals surface area contributed by atoms with E-state index >= 15 is 0 Å². The van der Waals surface area contributed by atoms with Crippen LogP contribution in [0.1, 0.15) is 30.5 Å². The Labute approximate surface area is 334 Å². The number of hydrogen-bond donors (Lipinski definition) is 0. The number of nitrogens with zero attached hydrogens (tertiary/aromatic N) is 2. The largest absolute Gasteiger partial charge is 0.316 e. The zero-order valence-corrected chi connectivity index (χ0v) is 32.2. The molecule has 3 aliphatic carbocycles. The molecule has 3 heterocycles. The summed E-state index contributed by atoms with van der Waals surface area (Å²) in [5.74, 6) is 0. The highest BCUT2D eigenvalue weighted by Crippen LogP contribution is 2.36. The van der Waals surface area contributed by atoms with Crippen LogP contribution in [0.3, 0.4) is 0 Å². The molecule has 0 aliphatic heterocycles. The monoisotopic (exact) mass is 750 g/mol. The third-order valence-corrected chi connectivity index (χ3v) is 12.9. The van der Waals surface area contributed by atoms with Gasteiger partial charge >= 0.3 is 0 Å². The van der Waals surface area contributed by atoms with Gasteiger partial charge in [0.2, 0.25) is 0 Å². The van der Waals surface area contributed by atoms with Crippen LogP contribution in [0.15, 0.2) is 180 Å². The smallest absolute Gasteiger partial charge is 0.195 e. The second-order valence-electron chi connectivity index (χ2n) is 15.0. The molecule has 3 nitrogen and oxygen atoms in total. The SMILES string of the molecule is O=c1c2c(sc3cc(-c4ccc(-n5c6ccccc6c6ccccc65)cc4)ccc13)=CCC(C1=CC=C(n3c4c(c5ccccc53)/C=C\C/C=C\C4)CC=C1)=CC=2. The summed E-state index contributed by atoms with van der Waals surface area (Å²) in [7, 11) is 0. The van der Waals surface area contributed by atoms with Gasteiger partial charge in [0.1, 0.15) is 0 Å². The fourth-order valence-electron chi connectivity index (χ4n) is 8.97. The number of hydrogen-bond acceptors (Lipinski definition) is 2. The maximum atomic E-state index is 14.0. The van der Waals surface area contributed by atoms with Crippen molar-refractivity contribution in [2.45, 2.75) is 25.7 Å². The molecular weight excluding hydrogens is 713 g/mol. The highest BCUT2D eigenvalue weighted by atomic mass is 32.1. The maximum Gasteiger partial charge on any atom is 0.195 e. The molecule has 0 fully saturated rings. The van der Waals surface area contributed by atoms with E-state index in [1.807, 2.05) is 12.1 Å². The molecule has 0 saturated carbocycles. The van der Waals surface area contributed by atoms with E-state index in [1.165, 1.54) is 60.8 Å². The minimum Gasteiger partial charge on any atom is -0.316 e. The summed E-state index contributed by atoms with van der Waals surface area (Å²) in [6.07, 6.45) is 28.1. The van der Waals surface area contributed by atoms with Crippen molar-refractivity contribution in [3.63, 3.8) is 0 Å². The molecule has 4 heteroatoms. The van der Waals surface area contributed by atoms with Crippen molar-refractivity contribution >= 4 is 78.1 Å². The van der Waals surface area contributed by atoms with Crippen molar-refractivity contribution in [1.82, 2.24) is 9.13 Å². The second kappa shape index (κ2) is 13.8. The summed E-state index contributed by atoms with van der Waals surface area (Å²) >= 11 is 1.71. The molecule has 0 saturated heterocycles. The first-order valence-electron chi connectivity index (χ1n) is 19.8. The predicted molar refractivity (Wildman–Crippen MR) is 243 cm³/mol. The van der Waals surface area contributed by atoms with E-state index in [1.54, 1.807) is 11.3 Å². The van der Waals surface area contributed by atoms with Crippen LogP contribution in [-0.4, -0.2) is 9.13 Å². The van der Waals surface area contributed by atoms with Gasteiger partial charge in [-0.05, 0) is 89.7 Å². The number of allylic oxidation sites excluding steroid dienone is 11. The molecule has 0 radical (unpaired) electrons. The van der Waals surface area contributed by atoms with Crippen LogP contribution in [0.4, 0.5) is 0 Å². The van der Waals surface area contributed by atoms with Crippen molar-refractivity contribution in [3.05, 3.63) is 206 Å². The Kier molecular flexibility index (Phi) is 8.11. The maximum absolute atomic E-state index is 14.0. The van der Waals surface area contributed by atoms with E-state index in [-0.39, 0.29) is 5.43 Å². The molecule has 0 unspecified atom stereocenters. The summed E-state index contributed by atoms with van der Waals surface area (Å²) < 4.78 is 6.85. The van der Waals surface area contributed by atoms with Gasteiger partial charge in [-0.1, -0.05) is 127 Å². The van der Waals surface area contributed by atoms with Gasteiger partial charge in [-0.25, -0.2) is 0 Å². The van der Waals surface area contributed by atoms with Gasteiger partial charge in [-0.2, -0.15) is 0 Å². The van der Waals surface area contributed by atoms with E-state index in [0.29, 0.717) is 0 Å². The fourth-order valence-corrected chi connectivity index (χ4v) is 10.1. The first-order chi connectivity index (χ1) is 28.2. The Bertz CT molecular complexity index is 3300. The molecule has 0 atom stereocenters. The lowest BCUT2D eigenvalue weighted by Crippen LogP contribution is -2.36. The average molecular weight is 751 g/mol. The van der Waals surface area contributed by atoms with Crippen molar-refractivity contribution in [3.8, 4) is 16.8 Å².